The van der Waals surface area contributed by atoms with Gasteiger partial charge in [-0.15, -0.1) is 0 Å². The molecule has 1 aromatic carbocycles. The first-order valence-corrected chi connectivity index (χ1v) is 5.37. The van der Waals surface area contributed by atoms with Crippen molar-refractivity contribution in [3.63, 3.8) is 0 Å². The number of aromatic hydroxyl groups is 1. The van der Waals surface area contributed by atoms with Gasteiger partial charge in [-0.05, 0) is 18.2 Å². The number of anilines is 1. The van der Waals surface area contributed by atoms with Crippen LogP contribution < -0.4 is 5.32 Å². The van der Waals surface area contributed by atoms with Gasteiger partial charge >= 0.3 is 0 Å². The Morgan fingerprint density at radius 2 is 2.15 bits per heavy atom. The zero-order valence-electron chi connectivity index (χ0n) is 9.91. The highest BCUT2D eigenvalue weighted by Gasteiger charge is 2.21. The summed E-state index contributed by atoms with van der Waals surface area (Å²) in [6, 6.07) is 3.92. The minimum atomic E-state index is -0.857. The van der Waals surface area contributed by atoms with Crippen LogP contribution in [0.5, 0.6) is 5.75 Å². The molecule has 0 saturated heterocycles. The molecule has 1 heterocycles. The van der Waals surface area contributed by atoms with Crippen molar-refractivity contribution in [2.24, 2.45) is 0 Å². The van der Waals surface area contributed by atoms with E-state index in [1.807, 2.05) is 0 Å². The first-order chi connectivity index (χ1) is 9.49. The SMILES string of the molecule is O=C(Nc1ccncc1O)c1ccc(F)cc1[N+](=O)[O-]. The summed E-state index contributed by atoms with van der Waals surface area (Å²) in [6.07, 6.45) is 2.43. The summed E-state index contributed by atoms with van der Waals surface area (Å²) in [5, 5.41) is 22.5. The number of aromatic nitrogens is 1. The van der Waals surface area contributed by atoms with Crippen LogP contribution in [0.1, 0.15) is 10.4 Å². The largest absolute Gasteiger partial charge is 0.504 e. The van der Waals surface area contributed by atoms with Crippen molar-refractivity contribution in [2.75, 3.05) is 5.32 Å². The van der Waals surface area contributed by atoms with Crippen LogP contribution in [0.25, 0.3) is 0 Å². The van der Waals surface area contributed by atoms with Crippen LogP contribution in [0.15, 0.2) is 36.7 Å². The monoisotopic (exact) mass is 277 g/mol. The molecule has 1 amide bonds. The fourth-order valence-electron chi connectivity index (χ4n) is 1.53. The number of nitro benzene ring substituents is 1. The lowest BCUT2D eigenvalue weighted by Gasteiger charge is -2.07. The average Bonchev–Trinajstić information content (AvgIpc) is 2.41. The summed E-state index contributed by atoms with van der Waals surface area (Å²) in [7, 11) is 0. The van der Waals surface area contributed by atoms with Crippen LogP contribution in [-0.2, 0) is 0 Å². The second-order valence-corrected chi connectivity index (χ2v) is 3.77. The maximum Gasteiger partial charge on any atom is 0.285 e. The van der Waals surface area contributed by atoms with E-state index in [-0.39, 0.29) is 17.0 Å². The Balaban J connectivity index is 2.35. The topological polar surface area (TPSA) is 105 Å². The number of nitrogens with one attached hydrogen (secondary N) is 1. The van der Waals surface area contributed by atoms with E-state index in [9.17, 15) is 24.4 Å². The third-order valence-corrected chi connectivity index (χ3v) is 2.45. The van der Waals surface area contributed by atoms with Crippen molar-refractivity contribution >= 4 is 17.3 Å². The van der Waals surface area contributed by atoms with Gasteiger partial charge in [0.1, 0.15) is 11.4 Å². The van der Waals surface area contributed by atoms with E-state index in [0.717, 1.165) is 18.3 Å². The van der Waals surface area contributed by atoms with E-state index >= 15 is 0 Å². The third kappa shape index (κ3) is 2.69. The van der Waals surface area contributed by atoms with Crippen molar-refractivity contribution in [1.29, 1.82) is 0 Å². The van der Waals surface area contributed by atoms with Gasteiger partial charge in [0.15, 0.2) is 5.75 Å². The van der Waals surface area contributed by atoms with Crippen LogP contribution in [-0.4, -0.2) is 20.9 Å². The molecule has 0 fully saturated rings. The van der Waals surface area contributed by atoms with Crippen molar-refractivity contribution in [3.8, 4) is 5.75 Å². The molecule has 102 valence electrons. The standard InChI is InChI=1S/C12H8FN3O4/c13-7-1-2-8(10(5-7)16(19)20)12(18)15-9-3-4-14-6-11(9)17/h1-6,17H,(H,14,15,18). The van der Waals surface area contributed by atoms with Gasteiger partial charge in [0.05, 0.1) is 22.9 Å². The fraction of sp³-hybridized carbons (Fsp3) is 0. The highest BCUT2D eigenvalue weighted by atomic mass is 19.1. The Morgan fingerprint density at radius 1 is 1.40 bits per heavy atom. The molecule has 8 heteroatoms. The molecule has 20 heavy (non-hydrogen) atoms. The fourth-order valence-corrected chi connectivity index (χ4v) is 1.53. The number of nitro groups is 1. The van der Waals surface area contributed by atoms with E-state index in [1.165, 1.54) is 12.3 Å². The zero-order valence-corrected chi connectivity index (χ0v) is 9.91. The molecule has 0 radical (unpaired) electrons. The summed E-state index contributed by atoms with van der Waals surface area (Å²) in [5.41, 5.74) is -0.924. The molecule has 0 aliphatic rings. The third-order valence-electron chi connectivity index (χ3n) is 2.45. The van der Waals surface area contributed by atoms with Crippen LogP contribution in [0, 0.1) is 15.9 Å². The smallest absolute Gasteiger partial charge is 0.285 e. The van der Waals surface area contributed by atoms with Gasteiger partial charge < -0.3 is 10.4 Å². The van der Waals surface area contributed by atoms with Gasteiger partial charge in [-0.25, -0.2) is 4.39 Å². The van der Waals surface area contributed by atoms with E-state index in [2.05, 4.69) is 10.3 Å². The average molecular weight is 277 g/mol. The van der Waals surface area contributed by atoms with E-state index in [4.69, 9.17) is 0 Å². The van der Waals surface area contributed by atoms with Crippen LogP contribution in [0.3, 0.4) is 0 Å². The first-order valence-electron chi connectivity index (χ1n) is 5.37. The van der Waals surface area contributed by atoms with Gasteiger partial charge in [-0.2, -0.15) is 0 Å². The molecule has 0 bridgehead atoms. The van der Waals surface area contributed by atoms with Gasteiger partial charge in [-0.1, -0.05) is 0 Å². The minimum absolute atomic E-state index is 0.0450. The molecule has 0 unspecified atom stereocenters. The van der Waals surface area contributed by atoms with Crippen LogP contribution in [0.2, 0.25) is 0 Å². The maximum absolute atomic E-state index is 13.0. The molecular formula is C12H8FN3O4. The molecule has 0 saturated carbocycles. The van der Waals surface area contributed by atoms with Crippen molar-refractivity contribution in [2.45, 2.75) is 0 Å². The number of benzene rings is 1. The molecule has 0 spiro atoms. The molecule has 2 aromatic rings. The van der Waals surface area contributed by atoms with Gasteiger partial charge in [0.2, 0.25) is 0 Å². The molecule has 2 rings (SSSR count). The lowest BCUT2D eigenvalue weighted by Crippen LogP contribution is -2.14. The lowest BCUT2D eigenvalue weighted by molar-refractivity contribution is -0.385. The van der Waals surface area contributed by atoms with Gasteiger partial charge in [-0.3, -0.25) is 19.9 Å². The first kappa shape index (κ1) is 13.4. The summed E-state index contributed by atoms with van der Waals surface area (Å²) >= 11 is 0. The maximum atomic E-state index is 13.0. The Labute approximate surface area is 111 Å². The normalized spacial score (nSPS) is 10.1. The predicted octanol–water partition coefficient (Wildman–Crippen LogP) is 2.09. The highest BCUT2D eigenvalue weighted by Crippen LogP contribution is 2.24. The number of pyridine rings is 1. The number of halogens is 1. The Bertz CT molecular complexity index is 690. The zero-order chi connectivity index (χ0) is 14.7. The summed E-state index contributed by atoms with van der Waals surface area (Å²) in [5.74, 6) is -1.94. The van der Waals surface area contributed by atoms with Gasteiger partial charge in [0.25, 0.3) is 11.6 Å². The molecule has 1 aromatic heterocycles. The Hall–Kier alpha value is -3.03. The Kier molecular flexibility index (Phi) is 3.56. The summed E-state index contributed by atoms with van der Waals surface area (Å²) in [6.45, 7) is 0. The van der Waals surface area contributed by atoms with Crippen molar-refractivity contribution < 1.29 is 19.2 Å². The number of rotatable bonds is 3. The minimum Gasteiger partial charge on any atom is -0.504 e. The lowest BCUT2D eigenvalue weighted by atomic mass is 10.1. The van der Waals surface area contributed by atoms with E-state index in [1.54, 1.807) is 0 Å². The second kappa shape index (κ2) is 5.31. The number of carbonyl (C=O) groups is 1. The quantitative estimate of drug-likeness (QED) is 0.660. The second-order valence-electron chi connectivity index (χ2n) is 3.77. The van der Waals surface area contributed by atoms with Crippen molar-refractivity contribution in [1.82, 2.24) is 4.98 Å². The number of amides is 1. The summed E-state index contributed by atoms with van der Waals surface area (Å²) < 4.78 is 13.0. The van der Waals surface area contributed by atoms with Crippen LogP contribution in [0.4, 0.5) is 15.8 Å². The molecule has 7 nitrogen and oxygen atoms in total. The number of carbonyl (C=O) groups excluding carboxylic acids is 1. The molecule has 0 aliphatic carbocycles. The summed E-state index contributed by atoms with van der Waals surface area (Å²) in [4.78, 5) is 25.5. The van der Waals surface area contributed by atoms with E-state index in [0.29, 0.717) is 6.07 Å². The van der Waals surface area contributed by atoms with Gasteiger partial charge in [0, 0.05) is 6.20 Å². The molecule has 0 aliphatic heterocycles. The number of hydrogen-bond acceptors (Lipinski definition) is 5. The number of nitrogens with zero attached hydrogens (tertiary/aromatic N) is 2. The molecule has 0 atom stereocenters. The van der Waals surface area contributed by atoms with Crippen molar-refractivity contribution in [3.05, 3.63) is 58.2 Å². The van der Waals surface area contributed by atoms with E-state index < -0.39 is 22.3 Å². The molecular weight excluding hydrogens is 269 g/mol. The highest BCUT2D eigenvalue weighted by molar-refractivity contribution is 6.07. The van der Waals surface area contributed by atoms with Crippen LogP contribution >= 0.6 is 0 Å². The Morgan fingerprint density at radius 3 is 2.80 bits per heavy atom. The predicted molar refractivity (Wildman–Crippen MR) is 66.9 cm³/mol. The molecule has 2 N–H and O–H groups in total. The number of hydrogen-bond donors (Lipinski definition) is 2.